The molecular weight excluding hydrogens is 287 g/mol. The number of pyridine rings is 2. The first-order valence-electron chi connectivity index (χ1n) is 6.80. The Labute approximate surface area is 127 Å². The van der Waals surface area contributed by atoms with Crippen LogP contribution in [-0.2, 0) is 6.54 Å². The lowest BCUT2D eigenvalue weighted by atomic mass is 10.3. The molecule has 0 aliphatic rings. The van der Waals surface area contributed by atoms with E-state index in [-0.39, 0.29) is 18.3 Å². The summed E-state index contributed by atoms with van der Waals surface area (Å²) in [5.41, 5.74) is 0.882. The summed E-state index contributed by atoms with van der Waals surface area (Å²) >= 11 is 0. The summed E-state index contributed by atoms with van der Waals surface area (Å²) in [6.45, 7) is 4.10. The highest BCUT2D eigenvalue weighted by atomic mass is 19.1. The molecule has 2 aromatic rings. The first-order valence-corrected chi connectivity index (χ1v) is 6.80. The third-order valence-electron chi connectivity index (χ3n) is 2.63. The molecule has 22 heavy (non-hydrogen) atoms. The van der Waals surface area contributed by atoms with Crippen LogP contribution < -0.4 is 15.4 Å². The van der Waals surface area contributed by atoms with Crippen LogP contribution in [-0.4, -0.2) is 22.1 Å². The van der Waals surface area contributed by atoms with Gasteiger partial charge in [0, 0.05) is 25.0 Å². The average Bonchev–Trinajstić information content (AvgIpc) is 2.48. The van der Waals surface area contributed by atoms with Crippen LogP contribution in [0.3, 0.4) is 0 Å². The number of anilines is 1. The van der Waals surface area contributed by atoms with Gasteiger partial charge in [0.15, 0.2) is 5.82 Å². The largest absolute Gasteiger partial charge is 0.475 e. The van der Waals surface area contributed by atoms with Crippen molar-refractivity contribution in [3.63, 3.8) is 0 Å². The molecule has 0 bridgehead atoms. The molecule has 2 heterocycles. The third kappa shape index (κ3) is 4.69. The van der Waals surface area contributed by atoms with Gasteiger partial charge in [-0.2, -0.15) is 0 Å². The van der Waals surface area contributed by atoms with E-state index in [1.807, 2.05) is 13.8 Å². The predicted octanol–water partition coefficient (Wildman–Crippen LogP) is 2.72. The molecule has 0 atom stereocenters. The van der Waals surface area contributed by atoms with Crippen molar-refractivity contribution in [3.8, 4) is 5.88 Å². The molecule has 0 saturated heterocycles. The average molecular weight is 304 g/mol. The molecule has 0 aliphatic carbocycles. The highest BCUT2D eigenvalue weighted by Gasteiger charge is 2.06. The molecule has 0 spiro atoms. The Morgan fingerprint density at radius 3 is 2.77 bits per heavy atom. The van der Waals surface area contributed by atoms with Gasteiger partial charge in [-0.1, -0.05) is 6.07 Å². The molecule has 2 N–H and O–H groups in total. The fourth-order valence-electron chi connectivity index (χ4n) is 1.65. The van der Waals surface area contributed by atoms with Crippen molar-refractivity contribution in [1.82, 2.24) is 15.3 Å². The highest BCUT2D eigenvalue weighted by molar-refractivity contribution is 5.89. The van der Waals surface area contributed by atoms with Gasteiger partial charge in [0.2, 0.25) is 5.88 Å². The second-order valence-corrected chi connectivity index (χ2v) is 4.83. The Kier molecular flexibility index (Phi) is 5.24. The van der Waals surface area contributed by atoms with Crippen molar-refractivity contribution in [3.05, 3.63) is 48.2 Å². The number of halogens is 1. The van der Waals surface area contributed by atoms with Crippen molar-refractivity contribution >= 4 is 11.7 Å². The summed E-state index contributed by atoms with van der Waals surface area (Å²) in [6.07, 6.45) is 4.10. The van der Waals surface area contributed by atoms with Gasteiger partial charge in [0.25, 0.3) is 0 Å². The van der Waals surface area contributed by atoms with Crippen molar-refractivity contribution in [2.75, 3.05) is 5.32 Å². The Morgan fingerprint density at radius 1 is 1.32 bits per heavy atom. The quantitative estimate of drug-likeness (QED) is 0.890. The van der Waals surface area contributed by atoms with Gasteiger partial charge in [-0.3, -0.25) is 4.98 Å². The molecule has 7 heteroatoms. The minimum atomic E-state index is -0.588. The normalized spacial score (nSPS) is 10.4. The number of nitrogens with zero attached hydrogens (tertiary/aromatic N) is 2. The Morgan fingerprint density at radius 2 is 2.14 bits per heavy atom. The van der Waals surface area contributed by atoms with Gasteiger partial charge < -0.3 is 15.4 Å². The SMILES string of the molecule is CC(C)Oc1ccc(CNC(=O)Nc2ccncc2F)cn1. The molecule has 0 aromatic carbocycles. The number of urea groups is 1. The lowest BCUT2D eigenvalue weighted by Crippen LogP contribution is -2.28. The molecule has 0 saturated carbocycles. The maximum Gasteiger partial charge on any atom is 0.319 e. The zero-order valence-electron chi connectivity index (χ0n) is 12.3. The first-order chi connectivity index (χ1) is 10.5. The van der Waals surface area contributed by atoms with Gasteiger partial charge >= 0.3 is 6.03 Å². The maximum absolute atomic E-state index is 13.3. The number of carbonyl (C=O) groups excluding carboxylic acids is 1. The highest BCUT2D eigenvalue weighted by Crippen LogP contribution is 2.11. The van der Waals surface area contributed by atoms with Crippen molar-refractivity contribution in [2.45, 2.75) is 26.5 Å². The molecule has 116 valence electrons. The van der Waals surface area contributed by atoms with Crippen LogP contribution in [0.1, 0.15) is 19.4 Å². The number of hydrogen-bond acceptors (Lipinski definition) is 4. The second kappa shape index (κ2) is 7.35. The number of amides is 2. The maximum atomic E-state index is 13.3. The number of aromatic nitrogens is 2. The van der Waals surface area contributed by atoms with Gasteiger partial charge in [-0.15, -0.1) is 0 Å². The van der Waals surface area contributed by atoms with Crippen molar-refractivity contribution < 1.29 is 13.9 Å². The Hall–Kier alpha value is -2.70. The lowest BCUT2D eigenvalue weighted by Gasteiger charge is -2.10. The van der Waals surface area contributed by atoms with E-state index in [1.165, 1.54) is 12.3 Å². The smallest absolute Gasteiger partial charge is 0.319 e. The fraction of sp³-hybridized carbons (Fsp3) is 0.267. The van der Waals surface area contributed by atoms with Crippen LogP contribution in [0.25, 0.3) is 0 Å². The summed E-state index contributed by atoms with van der Waals surface area (Å²) in [6, 6.07) is 4.41. The summed E-state index contributed by atoms with van der Waals surface area (Å²) < 4.78 is 18.8. The monoisotopic (exact) mass is 304 g/mol. The van der Waals surface area contributed by atoms with E-state index >= 15 is 0 Å². The van der Waals surface area contributed by atoms with E-state index in [0.29, 0.717) is 5.88 Å². The van der Waals surface area contributed by atoms with Crippen LogP contribution in [0.5, 0.6) is 5.88 Å². The summed E-state index contributed by atoms with van der Waals surface area (Å²) in [4.78, 5) is 19.4. The predicted molar refractivity (Wildman–Crippen MR) is 80.1 cm³/mol. The van der Waals surface area contributed by atoms with Crippen LogP contribution in [0.15, 0.2) is 36.8 Å². The number of ether oxygens (including phenoxy) is 1. The summed E-state index contributed by atoms with van der Waals surface area (Å²) in [5.74, 6) is -0.0587. The topological polar surface area (TPSA) is 76.1 Å². The van der Waals surface area contributed by atoms with Gasteiger partial charge in [-0.25, -0.2) is 14.2 Å². The van der Waals surface area contributed by atoms with Crippen LogP contribution in [0, 0.1) is 5.82 Å². The number of rotatable bonds is 5. The molecule has 2 rings (SSSR count). The van der Waals surface area contributed by atoms with E-state index in [2.05, 4.69) is 20.6 Å². The van der Waals surface area contributed by atoms with E-state index in [1.54, 1.807) is 18.3 Å². The molecule has 2 aromatic heterocycles. The zero-order chi connectivity index (χ0) is 15.9. The van der Waals surface area contributed by atoms with Gasteiger partial charge in [0.1, 0.15) is 0 Å². The van der Waals surface area contributed by atoms with E-state index < -0.39 is 11.8 Å². The van der Waals surface area contributed by atoms with Crippen LogP contribution in [0.2, 0.25) is 0 Å². The molecule has 0 fully saturated rings. The summed E-state index contributed by atoms with van der Waals surface area (Å²) in [5, 5.41) is 5.02. The number of carbonyl (C=O) groups is 1. The summed E-state index contributed by atoms with van der Waals surface area (Å²) in [7, 11) is 0. The van der Waals surface area contributed by atoms with Crippen LogP contribution in [0.4, 0.5) is 14.9 Å². The minimum absolute atomic E-state index is 0.0533. The number of hydrogen-bond donors (Lipinski definition) is 2. The minimum Gasteiger partial charge on any atom is -0.475 e. The molecule has 6 nitrogen and oxygen atoms in total. The Balaban J connectivity index is 1.85. The van der Waals surface area contributed by atoms with Crippen molar-refractivity contribution in [2.24, 2.45) is 0 Å². The second-order valence-electron chi connectivity index (χ2n) is 4.83. The van der Waals surface area contributed by atoms with Crippen molar-refractivity contribution in [1.29, 1.82) is 0 Å². The first kappa shape index (κ1) is 15.7. The lowest BCUT2D eigenvalue weighted by molar-refractivity contribution is 0.232. The molecule has 2 amide bonds. The van der Waals surface area contributed by atoms with Gasteiger partial charge in [0.05, 0.1) is 18.0 Å². The van der Waals surface area contributed by atoms with E-state index in [9.17, 15) is 9.18 Å². The van der Waals surface area contributed by atoms with E-state index in [0.717, 1.165) is 11.8 Å². The molecular formula is C15H17FN4O2. The van der Waals surface area contributed by atoms with E-state index in [4.69, 9.17) is 4.74 Å². The fourth-order valence-corrected chi connectivity index (χ4v) is 1.65. The molecule has 0 radical (unpaired) electrons. The van der Waals surface area contributed by atoms with Crippen LogP contribution >= 0.6 is 0 Å². The number of nitrogens with one attached hydrogen (secondary N) is 2. The Bertz CT molecular complexity index is 632. The van der Waals surface area contributed by atoms with Gasteiger partial charge in [-0.05, 0) is 25.5 Å². The zero-order valence-corrected chi connectivity index (χ0v) is 12.3. The molecule has 0 aliphatic heterocycles. The molecule has 0 unspecified atom stereocenters. The third-order valence-corrected chi connectivity index (χ3v) is 2.63. The standard InChI is InChI=1S/C15H17FN4O2/c1-10(2)22-14-4-3-11(7-18-14)8-19-15(21)20-13-5-6-17-9-12(13)16/h3-7,9-10H,8H2,1-2H3,(H2,17,19,20,21).